The fourth-order valence-electron chi connectivity index (χ4n) is 3.43. The first kappa shape index (κ1) is 46.7. The second kappa shape index (κ2) is 43.7. The first-order chi connectivity index (χ1) is 23.3. The molecule has 0 unspecified atom stereocenters. The van der Waals surface area contributed by atoms with Gasteiger partial charge in [-0.05, 0) is 17.3 Å². The topological polar surface area (TPSA) is 137 Å². The van der Waals surface area contributed by atoms with Crippen molar-refractivity contribution < 1.29 is 66.4 Å². The fourth-order valence-corrected chi connectivity index (χ4v) is 3.97. The van der Waals surface area contributed by atoms with E-state index in [9.17, 15) is 4.79 Å². The second-order valence-corrected chi connectivity index (χ2v) is 10.9. The number of methoxy groups -OCH3 is 1. The summed E-state index contributed by atoms with van der Waals surface area (Å²) < 4.78 is 71.2. The molecule has 14 nitrogen and oxygen atoms in total. The molecule has 0 aliphatic carbocycles. The van der Waals surface area contributed by atoms with E-state index in [1.54, 1.807) is 0 Å². The smallest absolute Gasteiger partial charge is 0.307 e. The summed E-state index contributed by atoms with van der Waals surface area (Å²) in [5.74, 6) is -0.285. The van der Waals surface area contributed by atoms with Crippen LogP contribution in [0, 0.1) is 0 Å². The zero-order valence-electron chi connectivity index (χ0n) is 28.8. The lowest BCUT2D eigenvalue weighted by Crippen LogP contribution is -2.15. The highest BCUT2D eigenvalue weighted by atomic mass is 127. The van der Waals surface area contributed by atoms with Crippen LogP contribution in [0.15, 0.2) is 0 Å². The Bertz CT molecular complexity index is 594. The van der Waals surface area contributed by atoms with Crippen LogP contribution in [0.25, 0.3) is 0 Å². The molecule has 0 saturated carbocycles. The Hall–Kier alpha value is -0.280. The number of hydrogen-bond donors (Lipinski definition) is 0. The number of rotatable bonds is 42. The lowest BCUT2D eigenvalue weighted by atomic mass is 10.2. The van der Waals surface area contributed by atoms with Gasteiger partial charge < -0.3 is 61.6 Å². The maximum absolute atomic E-state index is 10.9. The van der Waals surface area contributed by atoms with E-state index in [1.807, 2.05) is 0 Å². The normalized spacial score (nSPS) is 11.4. The van der Waals surface area contributed by atoms with Crippen LogP contribution >= 0.6 is 22.6 Å². The lowest BCUT2D eigenvalue weighted by Gasteiger charge is -2.09. The van der Waals surface area contributed by atoms with Gasteiger partial charge in [0.05, 0.1) is 165 Å². The van der Waals surface area contributed by atoms with Gasteiger partial charge in [0, 0.05) is 6.61 Å². The van der Waals surface area contributed by atoms with Crippen LogP contribution in [-0.2, 0) is 66.4 Å². The molecule has 282 valence electrons. The molecule has 0 aromatic heterocycles. The Balaban J connectivity index is 3.05. The van der Waals surface area contributed by atoms with Gasteiger partial charge in [0.2, 0.25) is 0 Å². The number of carbonyl (C=O) groups excluding carboxylic acids is 1. The molecule has 0 atom stereocenters. The lowest BCUT2D eigenvalue weighted by molar-refractivity contribution is -0.141. The Morgan fingerprint density at radius 3 is 0.830 bits per heavy atom. The maximum Gasteiger partial charge on any atom is 0.307 e. The molecule has 47 heavy (non-hydrogen) atoms. The molecular weight excluding hydrogens is 735 g/mol. The van der Waals surface area contributed by atoms with Gasteiger partial charge >= 0.3 is 5.97 Å². The van der Waals surface area contributed by atoms with Crippen molar-refractivity contribution in [2.45, 2.75) is 32.1 Å². The van der Waals surface area contributed by atoms with E-state index in [0.29, 0.717) is 152 Å². The first-order valence-corrected chi connectivity index (χ1v) is 18.4. The minimum absolute atomic E-state index is 0.246. The number of unbranched alkanes of at least 4 members (excludes halogenated alkanes) is 3. The summed E-state index contributed by atoms with van der Waals surface area (Å²) in [7, 11) is 1.35. The van der Waals surface area contributed by atoms with Crippen LogP contribution in [0.3, 0.4) is 0 Å². The number of esters is 1. The highest BCUT2D eigenvalue weighted by Gasteiger charge is 2.00. The largest absolute Gasteiger partial charge is 0.469 e. The van der Waals surface area contributed by atoms with Crippen molar-refractivity contribution in [1.29, 1.82) is 0 Å². The highest BCUT2D eigenvalue weighted by molar-refractivity contribution is 14.1. The number of hydrogen-bond acceptors (Lipinski definition) is 14. The van der Waals surface area contributed by atoms with Gasteiger partial charge in [-0.2, -0.15) is 0 Å². The molecule has 0 amide bonds. The summed E-state index contributed by atoms with van der Waals surface area (Å²) in [6, 6.07) is 0. The molecule has 0 aliphatic heterocycles. The van der Waals surface area contributed by atoms with Gasteiger partial charge in [0.1, 0.15) is 0 Å². The molecule has 15 heteroatoms. The Labute approximate surface area is 296 Å². The van der Waals surface area contributed by atoms with Crippen molar-refractivity contribution in [1.82, 2.24) is 0 Å². The Morgan fingerprint density at radius 2 is 0.574 bits per heavy atom. The number of carbonyl (C=O) groups is 1. The third-order valence-electron chi connectivity index (χ3n) is 5.94. The van der Waals surface area contributed by atoms with Crippen LogP contribution in [0.4, 0.5) is 0 Å². The van der Waals surface area contributed by atoms with Gasteiger partial charge in [0.15, 0.2) is 0 Å². The first-order valence-electron chi connectivity index (χ1n) is 16.9. The van der Waals surface area contributed by atoms with Crippen LogP contribution in [0.5, 0.6) is 0 Å². The van der Waals surface area contributed by atoms with Gasteiger partial charge in [-0.15, -0.1) is 0 Å². The summed E-state index contributed by atoms with van der Waals surface area (Å²) in [6.45, 7) is 12.5. The van der Waals surface area contributed by atoms with E-state index in [1.165, 1.54) is 30.8 Å². The number of alkyl halides is 1. The summed E-state index contributed by atoms with van der Waals surface area (Å²) in [5.41, 5.74) is 0. The standard InChI is InChI=1S/C32H63IO14/c1-35-32(34)6-9-37-11-13-39-15-17-41-19-21-43-23-25-45-27-29-47-31-30-46-28-26-44-24-22-42-20-18-40-16-14-38-12-10-36-8-5-3-2-4-7-33/h2-31H2,1H3. The third kappa shape index (κ3) is 43.7. The van der Waals surface area contributed by atoms with E-state index in [2.05, 4.69) is 27.3 Å². The van der Waals surface area contributed by atoms with E-state index in [4.69, 9.17) is 56.8 Å². The molecular formula is C32H63IO14. The van der Waals surface area contributed by atoms with Crippen LogP contribution < -0.4 is 0 Å². The summed E-state index contributed by atoms with van der Waals surface area (Å²) >= 11 is 2.42. The zero-order chi connectivity index (χ0) is 34.0. The second-order valence-electron chi connectivity index (χ2n) is 9.78. The summed E-state index contributed by atoms with van der Waals surface area (Å²) in [6.07, 6.45) is 5.21. The van der Waals surface area contributed by atoms with E-state index < -0.39 is 0 Å². The SMILES string of the molecule is COC(=O)CCOCCOCCOCCOCCOCCOCCOCCOCCOCCOCCOCCOCCCCCCI. The molecule has 0 bridgehead atoms. The van der Waals surface area contributed by atoms with Gasteiger partial charge in [0.25, 0.3) is 0 Å². The quantitative estimate of drug-likeness (QED) is 0.0388. The molecule has 0 aromatic carbocycles. The van der Waals surface area contributed by atoms with Crippen LogP contribution in [-0.4, -0.2) is 176 Å². The molecule has 0 aliphatic rings. The molecule has 0 saturated heterocycles. The Kier molecular flexibility index (Phi) is 43.5. The van der Waals surface area contributed by atoms with Crippen LogP contribution in [0.1, 0.15) is 32.1 Å². The van der Waals surface area contributed by atoms with Crippen molar-refractivity contribution in [3.8, 4) is 0 Å². The molecule has 0 rings (SSSR count). The van der Waals surface area contributed by atoms with Gasteiger partial charge in [-0.1, -0.05) is 35.4 Å². The Morgan fingerprint density at radius 1 is 0.340 bits per heavy atom. The van der Waals surface area contributed by atoms with Crippen molar-refractivity contribution in [3.05, 3.63) is 0 Å². The molecule has 0 radical (unpaired) electrons. The van der Waals surface area contributed by atoms with Gasteiger partial charge in [-0.3, -0.25) is 4.79 Å². The van der Waals surface area contributed by atoms with Crippen molar-refractivity contribution in [2.75, 3.05) is 170 Å². The van der Waals surface area contributed by atoms with Crippen molar-refractivity contribution in [3.63, 3.8) is 0 Å². The molecule has 0 heterocycles. The maximum atomic E-state index is 10.9. The highest BCUT2D eigenvalue weighted by Crippen LogP contribution is 2.02. The molecule has 0 aromatic rings. The van der Waals surface area contributed by atoms with E-state index >= 15 is 0 Å². The average Bonchev–Trinajstić information content (AvgIpc) is 3.08. The van der Waals surface area contributed by atoms with Crippen molar-refractivity contribution in [2.24, 2.45) is 0 Å². The predicted octanol–water partition coefficient (Wildman–Crippen LogP) is 2.74. The molecule has 0 N–H and O–H groups in total. The number of ether oxygens (including phenoxy) is 13. The zero-order valence-corrected chi connectivity index (χ0v) is 31.0. The van der Waals surface area contributed by atoms with Gasteiger partial charge in [-0.25, -0.2) is 0 Å². The van der Waals surface area contributed by atoms with E-state index in [0.717, 1.165) is 13.0 Å². The summed E-state index contributed by atoms with van der Waals surface area (Å²) in [5, 5.41) is 0. The predicted molar refractivity (Wildman–Crippen MR) is 184 cm³/mol. The fraction of sp³-hybridized carbons (Fsp3) is 0.969. The third-order valence-corrected chi connectivity index (χ3v) is 6.71. The van der Waals surface area contributed by atoms with E-state index in [-0.39, 0.29) is 12.4 Å². The minimum Gasteiger partial charge on any atom is -0.469 e. The minimum atomic E-state index is -0.285. The molecule has 0 spiro atoms. The van der Waals surface area contributed by atoms with Crippen LogP contribution in [0.2, 0.25) is 0 Å². The molecule has 0 fully saturated rings. The number of halogens is 1. The van der Waals surface area contributed by atoms with Crippen molar-refractivity contribution >= 4 is 28.6 Å². The average molecular weight is 799 g/mol. The summed E-state index contributed by atoms with van der Waals surface area (Å²) in [4.78, 5) is 10.9. The monoisotopic (exact) mass is 798 g/mol.